The summed E-state index contributed by atoms with van der Waals surface area (Å²) >= 11 is 0. The number of carbonyl (C=O) groups is 1. The zero-order chi connectivity index (χ0) is 9.31. The summed E-state index contributed by atoms with van der Waals surface area (Å²) in [4.78, 5) is 13.0. The smallest absolute Gasteiger partial charge is 0.317 e. The Bertz CT molecular complexity index is 212. The Labute approximate surface area is 77.3 Å². The van der Waals surface area contributed by atoms with Gasteiger partial charge in [0.2, 0.25) is 0 Å². The molecule has 0 unspecified atom stereocenters. The van der Waals surface area contributed by atoms with Crippen LogP contribution in [0.15, 0.2) is 0 Å². The van der Waals surface area contributed by atoms with Gasteiger partial charge in [0, 0.05) is 13.1 Å². The molecule has 4 heteroatoms. The fourth-order valence-corrected chi connectivity index (χ4v) is 1.60. The summed E-state index contributed by atoms with van der Waals surface area (Å²) in [6, 6.07) is -0.102. The number of hydrogen-bond acceptors (Lipinski definition) is 1. The number of carbonyl (C=O) groups excluding carboxylic acids is 1. The number of likely N-dealkylation sites (tertiary alicyclic amines) is 1. The lowest BCUT2D eigenvalue weighted by Gasteiger charge is -2.36. The number of amides is 2. The molecular weight excluding hydrogens is 171 g/mol. The van der Waals surface area contributed by atoms with Gasteiger partial charge in [-0.1, -0.05) is 0 Å². The number of urea groups is 1. The molecular formula is C9H15FN2O. The third kappa shape index (κ3) is 1.76. The Morgan fingerprint density at radius 1 is 1.38 bits per heavy atom. The summed E-state index contributed by atoms with van der Waals surface area (Å²) in [6.45, 7) is 1.85. The van der Waals surface area contributed by atoms with Gasteiger partial charge >= 0.3 is 6.03 Å². The number of hydrogen-bond donors (Lipinski definition) is 1. The van der Waals surface area contributed by atoms with Gasteiger partial charge in [0.25, 0.3) is 0 Å². The highest BCUT2D eigenvalue weighted by Crippen LogP contribution is 2.34. The molecule has 2 amide bonds. The average molecular weight is 186 g/mol. The normalized spacial score (nSPS) is 24.5. The molecule has 2 fully saturated rings. The predicted molar refractivity (Wildman–Crippen MR) is 47.3 cm³/mol. The van der Waals surface area contributed by atoms with Crippen LogP contribution in [0.2, 0.25) is 0 Å². The minimum atomic E-state index is -1.10. The first kappa shape index (κ1) is 8.78. The molecule has 13 heavy (non-hydrogen) atoms. The van der Waals surface area contributed by atoms with Gasteiger partial charge in [-0.05, 0) is 25.7 Å². The van der Waals surface area contributed by atoms with Gasteiger partial charge in [-0.15, -0.1) is 0 Å². The zero-order valence-electron chi connectivity index (χ0n) is 7.68. The van der Waals surface area contributed by atoms with E-state index in [0.717, 1.165) is 25.9 Å². The largest absolute Gasteiger partial charge is 0.335 e. The van der Waals surface area contributed by atoms with E-state index in [1.54, 1.807) is 4.90 Å². The summed E-state index contributed by atoms with van der Waals surface area (Å²) in [5.74, 6) is 0. The zero-order valence-corrected chi connectivity index (χ0v) is 7.68. The number of nitrogens with zero attached hydrogens (tertiary/aromatic N) is 1. The fraction of sp³-hybridized carbons (Fsp3) is 0.889. The maximum atomic E-state index is 13.4. The van der Waals surface area contributed by atoms with Crippen LogP contribution in [-0.4, -0.2) is 36.2 Å². The molecule has 74 valence electrons. The molecule has 0 aromatic heterocycles. The van der Waals surface area contributed by atoms with E-state index in [-0.39, 0.29) is 12.6 Å². The second kappa shape index (κ2) is 3.16. The Kier molecular flexibility index (Phi) is 2.14. The molecule has 0 radical (unpaired) electrons. The van der Waals surface area contributed by atoms with Gasteiger partial charge < -0.3 is 10.2 Å². The molecule has 0 spiro atoms. The quantitative estimate of drug-likeness (QED) is 0.692. The second-order valence-electron chi connectivity index (χ2n) is 4.00. The van der Waals surface area contributed by atoms with Gasteiger partial charge in [-0.2, -0.15) is 0 Å². The van der Waals surface area contributed by atoms with Gasteiger partial charge in [0.05, 0.1) is 6.54 Å². The van der Waals surface area contributed by atoms with Crippen LogP contribution in [-0.2, 0) is 0 Å². The van der Waals surface area contributed by atoms with E-state index in [1.807, 2.05) is 0 Å². The molecule has 2 rings (SSSR count). The average Bonchev–Trinajstić information content (AvgIpc) is 1.94. The lowest BCUT2D eigenvalue weighted by atomic mass is 9.82. The molecule has 0 atom stereocenters. The van der Waals surface area contributed by atoms with Crippen LogP contribution in [0.25, 0.3) is 0 Å². The van der Waals surface area contributed by atoms with E-state index in [4.69, 9.17) is 0 Å². The SMILES string of the molecule is O=C(NCC1(F)CCC1)N1CCC1. The van der Waals surface area contributed by atoms with Crippen molar-refractivity contribution in [2.75, 3.05) is 19.6 Å². The number of alkyl halides is 1. The van der Waals surface area contributed by atoms with E-state index in [1.165, 1.54) is 0 Å². The van der Waals surface area contributed by atoms with Gasteiger partial charge in [0.15, 0.2) is 0 Å². The Balaban J connectivity index is 1.69. The lowest BCUT2D eigenvalue weighted by molar-refractivity contribution is 0.0623. The molecule has 1 N–H and O–H groups in total. The monoisotopic (exact) mass is 186 g/mol. The number of halogens is 1. The van der Waals surface area contributed by atoms with E-state index >= 15 is 0 Å². The van der Waals surface area contributed by atoms with Crippen molar-refractivity contribution < 1.29 is 9.18 Å². The van der Waals surface area contributed by atoms with Crippen LogP contribution >= 0.6 is 0 Å². The van der Waals surface area contributed by atoms with Gasteiger partial charge in [0.1, 0.15) is 5.67 Å². The summed E-state index contributed by atoms with van der Waals surface area (Å²) in [7, 11) is 0. The van der Waals surface area contributed by atoms with E-state index in [9.17, 15) is 9.18 Å². The summed E-state index contributed by atoms with van der Waals surface area (Å²) in [5, 5.41) is 2.64. The fourth-order valence-electron chi connectivity index (χ4n) is 1.60. The van der Waals surface area contributed by atoms with Crippen molar-refractivity contribution in [1.82, 2.24) is 10.2 Å². The highest BCUT2D eigenvalue weighted by molar-refractivity contribution is 5.74. The van der Waals surface area contributed by atoms with E-state index in [0.29, 0.717) is 12.8 Å². The predicted octanol–water partition coefficient (Wildman–Crippen LogP) is 1.29. The van der Waals surface area contributed by atoms with Crippen molar-refractivity contribution in [2.45, 2.75) is 31.4 Å². The minimum absolute atomic E-state index is 0.102. The Hall–Kier alpha value is -0.800. The third-order valence-electron chi connectivity index (χ3n) is 2.95. The lowest BCUT2D eigenvalue weighted by Crippen LogP contribution is -2.52. The van der Waals surface area contributed by atoms with Crippen LogP contribution in [0.3, 0.4) is 0 Å². The standard InChI is InChI=1S/C9H15FN2O/c10-9(3-1-4-9)7-11-8(13)12-5-2-6-12/h1-7H2,(H,11,13). The van der Waals surface area contributed by atoms with Crippen molar-refractivity contribution in [3.63, 3.8) is 0 Å². The van der Waals surface area contributed by atoms with Gasteiger partial charge in [-0.25, -0.2) is 9.18 Å². The molecule has 1 aliphatic heterocycles. The second-order valence-corrected chi connectivity index (χ2v) is 4.00. The van der Waals surface area contributed by atoms with Crippen LogP contribution in [0, 0.1) is 0 Å². The molecule has 1 aliphatic carbocycles. The van der Waals surface area contributed by atoms with Crippen molar-refractivity contribution >= 4 is 6.03 Å². The highest BCUT2D eigenvalue weighted by Gasteiger charge is 2.37. The van der Waals surface area contributed by atoms with Crippen LogP contribution < -0.4 is 5.32 Å². The van der Waals surface area contributed by atoms with Crippen molar-refractivity contribution in [1.29, 1.82) is 0 Å². The van der Waals surface area contributed by atoms with E-state index < -0.39 is 5.67 Å². The minimum Gasteiger partial charge on any atom is -0.335 e. The molecule has 1 saturated heterocycles. The van der Waals surface area contributed by atoms with Crippen LogP contribution in [0.5, 0.6) is 0 Å². The molecule has 3 nitrogen and oxygen atoms in total. The van der Waals surface area contributed by atoms with Crippen molar-refractivity contribution in [3.8, 4) is 0 Å². The summed E-state index contributed by atoms with van der Waals surface area (Å²) in [6.07, 6.45) is 3.24. The molecule has 1 saturated carbocycles. The first-order chi connectivity index (χ1) is 6.20. The van der Waals surface area contributed by atoms with Gasteiger partial charge in [-0.3, -0.25) is 0 Å². The highest BCUT2D eigenvalue weighted by atomic mass is 19.1. The Morgan fingerprint density at radius 3 is 2.46 bits per heavy atom. The number of nitrogens with one attached hydrogen (secondary N) is 1. The first-order valence-corrected chi connectivity index (χ1v) is 4.91. The molecule has 0 aromatic carbocycles. The van der Waals surface area contributed by atoms with Crippen molar-refractivity contribution in [3.05, 3.63) is 0 Å². The maximum Gasteiger partial charge on any atom is 0.317 e. The Morgan fingerprint density at radius 2 is 2.08 bits per heavy atom. The molecule has 0 bridgehead atoms. The first-order valence-electron chi connectivity index (χ1n) is 4.91. The molecule has 0 aromatic rings. The van der Waals surface area contributed by atoms with Crippen LogP contribution in [0.1, 0.15) is 25.7 Å². The molecule has 2 aliphatic rings. The maximum absolute atomic E-state index is 13.4. The summed E-state index contributed by atoms with van der Waals surface area (Å²) < 4.78 is 13.4. The third-order valence-corrected chi connectivity index (χ3v) is 2.95. The summed E-state index contributed by atoms with van der Waals surface area (Å²) in [5.41, 5.74) is -1.10. The number of rotatable bonds is 2. The molecule has 1 heterocycles. The van der Waals surface area contributed by atoms with E-state index in [2.05, 4.69) is 5.32 Å². The van der Waals surface area contributed by atoms with Crippen molar-refractivity contribution in [2.24, 2.45) is 0 Å². The van der Waals surface area contributed by atoms with Crippen LogP contribution in [0.4, 0.5) is 9.18 Å². The topological polar surface area (TPSA) is 32.3 Å².